The van der Waals surface area contributed by atoms with Crippen molar-refractivity contribution in [3.63, 3.8) is 0 Å². The van der Waals surface area contributed by atoms with Crippen molar-refractivity contribution >= 4 is 0 Å². The summed E-state index contributed by atoms with van der Waals surface area (Å²) in [6, 6.07) is 0.659. The molecule has 0 aliphatic carbocycles. The molecule has 5 nitrogen and oxygen atoms in total. The van der Waals surface area contributed by atoms with Crippen LogP contribution in [0, 0.1) is 0 Å². The van der Waals surface area contributed by atoms with Crippen LogP contribution in [0.4, 0.5) is 0 Å². The van der Waals surface area contributed by atoms with Gasteiger partial charge in [0.15, 0.2) is 0 Å². The summed E-state index contributed by atoms with van der Waals surface area (Å²) in [5.74, 6) is 0. The fourth-order valence-electron chi connectivity index (χ4n) is 2.10. The van der Waals surface area contributed by atoms with Crippen molar-refractivity contribution in [2.24, 2.45) is 7.05 Å². The number of hydrogen-bond acceptors (Lipinski definition) is 4. The molecule has 0 radical (unpaired) electrons. The highest BCUT2D eigenvalue weighted by Gasteiger charge is 2.16. The normalized spacial score (nSPS) is 21.4. The highest BCUT2D eigenvalue weighted by molar-refractivity contribution is 4.91. The van der Waals surface area contributed by atoms with Gasteiger partial charge in [0.2, 0.25) is 0 Å². The molecule has 1 saturated heterocycles. The SMILES string of the molecule is CN(Cc1cn(C)nn1)CC1CCCN1. The van der Waals surface area contributed by atoms with Crippen molar-refractivity contribution in [1.82, 2.24) is 25.2 Å². The Balaban J connectivity index is 1.78. The number of nitrogens with one attached hydrogen (secondary N) is 1. The van der Waals surface area contributed by atoms with Gasteiger partial charge in [-0.3, -0.25) is 9.58 Å². The molecule has 0 aromatic carbocycles. The molecule has 1 aliphatic heterocycles. The molecule has 1 aliphatic rings. The molecule has 1 aromatic heterocycles. The first-order chi connectivity index (χ1) is 7.24. The third kappa shape index (κ3) is 3.00. The minimum absolute atomic E-state index is 0.659. The van der Waals surface area contributed by atoms with Gasteiger partial charge >= 0.3 is 0 Å². The number of aryl methyl sites for hydroxylation is 1. The predicted octanol–water partition coefficient (Wildman–Crippen LogP) is -0.00110. The van der Waals surface area contributed by atoms with Gasteiger partial charge in [-0.05, 0) is 26.4 Å². The Labute approximate surface area is 90.5 Å². The van der Waals surface area contributed by atoms with Crippen LogP contribution in [0.2, 0.25) is 0 Å². The third-order valence-corrected chi connectivity index (χ3v) is 2.78. The van der Waals surface area contributed by atoms with Crippen LogP contribution in [0.15, 0.2) is 6.20 Å². The molecule has 1 unspecified atom stereocenters. The Hall–Kier alpha value is -0.940. The van der Waals surface area contributed by atoms with Crippen molar-refractivity contribution < 1.29 is 0 Å². The Morgan fingerprint density at radius 1 is 1.67 bits per heavy atom. The Morgan fingerprint density at radius 2 is 2.53 bits per heavy atom. The van der Waals surface area contributed by atoms with Crippen LogP contribution in [0.25, 0.3) is 0 Å². The highest BCUT2D eigenvalue weighted by atomic mass is 15.4. The van der Waals surface area contributed by atoms with Gasteiger partial charge in [-0.2, -0.15) is 0 Å². The lowest BCUT2D eigenvalue weighted by Gasteiger charge is -2.19. The van der Waals surface area contributed by atoms with Gasteiger partial charge in [-0.15, -0.1) is 5.10 Å². The van der Waals surface area contributed by atoms with Gasteiger partial charge in [0.25, 0.3) is 0 Å². The number of nitrogens with zero attached hydrogens (tertiary/aromatic N) is 4. The second-order valence-corrected chi connectivity index (χ2v) is 4.37. The first kappa shape index (κ1) is 10.6. The van der Waals surface area contributed by atoms with Gasteiger partial charge in [0, 0.05) is 32.4 Å². The smallest absolute Gasteiger partial charge is 0.0966 e. The van der Waals surface area contributed by atoms with E-state index in [2.05, 4.69) is 27.6 Å². The molecule has 84 valence electrons. The molecule has 0 saturated carbocycles. The standard InChI is InChI=1S/C10H19N5/c1-14(6-9-4-3-5-11-9)7-10-8-15(2)13-12-10/h8-9,11H,3-7H2,1-2H3. The molecule has 15 heavy (non-hydrogen) atoms. The number of hydrogen-bond donors (Lipinski definition) is 1. The van der Waals surface area contributed by atoms with Crippen LogP contribution in [-0.2, 0) is 13.6 Å². The van der Waals surface area contributed by atoms with Crippen LogP contribution < -0.4 is 5.32 Å². The van der Waals surface area contributed by atoms with Gasteiger partial charge in [0.1, 0.15) is 0 Å². The fourth-order valence-corrected chi connectivity index (χ4v) is 2.10. The van der Waals surface area contributed by atoms with Crippen LogP contribution in [-0.4, -0.2) is 46.1 Å². The lowest BCUT2D eigenvalue weighted by atomic mass is 10.2. The number of rotatable bonds is 4. The van der Waals surface area contributed by atoms with E-state index in [4.69, 9.17) is 0 Å². The molecule has 5 heteroatoms. The summed E-state index contributed by atoms with van der Waals surface area (Å²) in [6.45, 7) is 3.15. The first-order valence-electron chi connectivity index (χ1n) is 5.51. The van der Waals surface area contributed by atoms with E-state index in [1.165, 1.54) is 19.4 Å². The Bertz CT molecular complexity index is 303. The molecule has 0 bridgehead atoms. The molecule has 2 heterocycles. The van der Waals surface area contributed by atoms with Gasteiger partial charge in [-0.25, -0.2) is 0 Å². The second kappa shape index (κ2) is 4.72. The maximum atomic E-state index is 4.08. The molecule has 1 aromatic rings. The van der Waals surface area contributed by atoms with Crippen molar-refractivity contribution in [1.29, 1.82) is 0 Å². The summed E-state index contributed by atoms with van der Waals surface area (Å²) in [6.07, 6.45) is 4.58. The largest absolute Gasteiger partial charge is 0.313 e. The maximum absolute atomic E-state index is 4.08. The molecular weight excluding hydrogens is 190 g/mol. The van der Waals surface area contributed by atoms with E-state index in [-0.39, 0.29) is 0 Å². The highest BCUT2D eigenvalue weighted by Crippen LogP contribution is 2.07. The van der Waals surface area contributed by atoms with Crippen molar-refractivity contribution in [2.45, 2.75) is 25.4 Å². The Kier molecular flexibility index (Phi) is 3.33. The molecular formula is C10H19N5. The van der Waals surface area contributed by atoms with Crippen LogP contribution in [0.5, 0.6) is 0 Å². The van der Waals surface area contributed by atoms with Crippen LogP contribution in [0.1, 0.15) is 18.5 Å². The van der Waals surface area contributed by atoms with E-state index in [0.717, 1.165) is 18.8 Å². The fraction of sp³-hybridized carbons (Fsp3) is 0.800. The zero-order chi connectivity index (χ0) is 10.7. The molecule has 1 atom stereocenters. The van der Waals surface area contributed by atoms with Crippen LogP contribution >= 0.6 is 0 Å². The average Bonchev–Trinajstić information content (AvgIpc) is 2.77. The van der Waals surface area contributed by atoms with E-state index in [0.29, 0.717) is 6.04 Å². The summed E-state index contributed by atoms with van der Waals surface area (Å²) in [7, 11) is 4.03. The molecule has 1 N–H and O–H groups in total. The lowest BCUT2D eigenvalue weighted by molar-refractivity contribution is 0.290. The van der Waals surface area contributed by atoms with E-state index < -0.39 is 0 Å². The summed E-state index contributed by atoms with van der Waals surface area (Å²) >= 11 is 0. The summed E-state index contributed by atoms with van der Waals surface area (Å²) in [5, 5.41) is 11.5. The minimum atomic E-state index is 0.659. The predicted molar refractivity (Wildman–Crippen MR) is 58.4 cm³/mol. The van der Waals surface area contributed by atoms with E-state index in [1.54, 1.807) is 4.68 Å². The third-order valence-electron chi connectivity index (χ3n) is 2.78. The quantitative estimate of drug-likeness (QED) is 0.758. The number of likely N-dealkylation sites (N-methyl/N-ethyl adjacent to an activating group) is 1. The van der Waals surface area contributed by atoms with Crippen molar-refractivity contribution in [2.75, 3.05) is 20.1 Å². The molecule has 0 amide bonds. The minimum Gasteiger partial charge on any atom is -0.313 e. The van der Waals surface area contributed by atoms with Gasteiger partial charge in [-0.1, -0.05) is 5.21 Å². The van der Waals surface area contributed by atoms with E-state index in [1.807, 2.05) is 13.2 Å². The number of aromatic nitrogens is 3. The van der Waals surface area contributed by atoms with Crippen LogP contribution in [0.3, 0.4) is 0 Å². The first-order valence-corrected chi connectivity index (χ1v) is 5.51. The van der Waals surface area contributed by atoms with E-state index >= 15 is 0 Å². The summed E-state index contributed by atoms with van der Waals surface area (Å²) in [5.41, 5.74) is 1.04. The monoisotopic (exact) mass is 209 g/mol. The van der Waals surface area contributed by atoms with E-state index in [9.17, 15) is 0 Å². The lowest BCUT2D eigenvalue weighted by Crippen LogP contribution is -2.35. The molecule has 2 rings (SSSR count). The summed E-state index contributed by atoms with van der Waals surface area (Å²) < 4.78 is 1.75. The van der Waals surface area contributed by atoms with Gasteiger partial charge < -0.3 is 5.32 Å². The van der Waals surface area contributed by atoms with Crippen molar-refractivity contribution in [3.05, 3.63) is 11.9 Å². The average molecular weight is 209 g/mol. The maximum Gasteiger partial charge on any atom is 0.0966 e. The molecule has 1 fully saturated rings. The Morgan fingerprint density at radius 3 is 3.13 bits per heavy atom. The summed E-state index contributed by atoms with van der Waals surface area (Å²) in [4.78, 5) is 2.30. The zero-order valence-electron chi connectivity index (χ0n) is 9.48. The second-order valence-electron chi connectivity index (χ2n) is 4.37. The molecule has 0 spiro atoms. The van der Waals surface area contributed by atoms with Gasteiger partial charge in [0.05, 0.1) is 5.69 Å². The topological polar surface area (TPSA) is 46.0 Å². The van der Waals surface area contributed by atoms with Crippen molar-refractivity contribution in [3.8, 4) is 0 Å². The zero-order valence-corrected chi connectivity index (χ0v) is 9.48.